The molecule has 5 nitrogen and oxygen atoms in total. The predicted molar refractivity (Wildman–Crippen MR) is 64.4 cm³/mol. The summed E-state index contributed by atoms with van der Waals surface area (Å²) in [5.74, 6) is 0.0767. The summed E-state index contributed by atoms with van der Waals surface area (Å²) in [7, 11) is 0. The van der Waals surface area contributed by atoms with Gasteiger partial charge in [0, 0.05) is 0 Å². The van der Waals surface area contributed by atoms with E-state index in [-0.39, 0.29) is 16.3 Å². The van der Waals surface area contributed by atoms with Crippen molar-refractivity contribution in [1.82, 2.24) is 14.8 Å². The number of rotatable bonds is 2. The summed E-state index contributed by atoms with van der Waals surface area (Å²) in [6.45, 7) is -0.492. The largest absolute Gasteiger partial charge is 0.417 e. The van der Waals surface area contributed by atoms with Gasteiger partial charge in [0.25, 0.3) is 0 Å². The highest BCUT2D eigenvalue weighted by atomic mass is 32.1. The fourth-order valence-corrected chi connectivity index (χ4v) is 1.96. The highest BCUT2D eigenvalue weighted by molar-refractivity contribution is 7.71. The van der Waals surface area contributed by atoms with Crippen molar-refractivity contribution in [3.05, 3.63) is 39.9 Å². The minimum atomic E-state index is -4.66. The van der Waals surface area contributed by atoms with Crippen LogP contribution in [-0.4, -0.2) is 19.9 Å². The smallest absolute Gasteiger partial charge is 0.388 e. The SMILES string of the molecule is N#Cc1ccc(-n2c(CO)n[nH]c2=S)cc1C(F)(F)F. The van der Waals surface area contributed by atoms with Crippen LogP contribution >= 0.6 is 12.2 Å². The van der Waals surface area contributed by atoms with E-state index in [2.05, 4.69) is 10.2 Å². The van der Waals surface area contributed by atoms with Gasteiger partial charge in [-0.25, -0.2) is 0 Å². The molecule has 1 aromatic carbocycles. The number of benzene rings is 1. The molecule has 0 aliphatic rings. The topological polar surface area (TPSA) is 77.6 Å². The van der Waals surface area contributed by atoms with Crippen LogP contribution in [0.2, 0.25) is 0 Å². The molecule has 0 atom stereocenters. The van der Waals surface area contributed by atoms with E-state index in [4.69, 9.17) is 22.6 Å². The number of nitriles is 1. The molecule has 0 amide bonds. The van der Waals surface area contributed by atoms with Crippen LogP contribution in [0.3, 0.4) is 0 Å². The lowest BCUT2D eigenvalue weighted by molar-refractivity contribution is -0.137. The molecule has 2 N–H and O–H groups in total. The molecule has 2 rings (SSSR count). The summed E-state index contributed by atoms with van der Waals surface area (Å²) in [6.07, 6.45) is -4.66. The van der Waals surface area contributed by atoms with Crippen LogP contribution < -0.4 is 0 Å². The van der Waals surface area contributed by atoms with Gasteiger partial charge in [0.2, 0.25) is 0 Å². The average molecular weight is 300 g/mol. The van der Waals surface area contributed by atoms with Gasteiger partial charge in [-0.15, -0.1) is 0 Å². The first-order chi connectivity index (χ1) is 9.38. The van der Waals surface area contributed by atoms with Crippen molar-refractivity contribution in [3.63, 3.8) is 0 Å². The minimum absolute atomic E-state index is 0.0480. The lowest BCUT2D eigenvalue weighted by atomic mass is 10.1. The van der Waals surface area contributed by atoms with E-state index in [0.29, 0.717) is 0 Å². The monoisotopic (exact) mass is 300 g/mol. The molecular formula is C11H7F3N4OS. The number of alkyl halides is 3. The number of nitrogens with one attached hydrogen (secondary N) is 1. The maximum absolute atomic E-state index is 12.9. The van der Waals surface area contributed by atoms with Crippen molar-refractivity contribution in [2.45, 2.75) is 12.8 Å². The summed E-state index contributed by atoms with van der Waals surface area (Å²) < 4.78 is 39.9. The number of aromatic nitrogens is 3. The van der Waals surface area contributed by atoms with Gasteiger partial charge in [-0.2, -0.15) is 23.5 Å². The molecule has 0 radical (unpaired) electrons. The lowest BCUT2D eigenvalue weighted by Crippen LogP contribution is -2.10. The zero-order valence-electron chi connectivity index (χ0n) is 9.77. The Morgan fingerprint density at radius 3 is 2.70 bits per heavy atom. The fourth-order valence-electron chi connectivity index (χ4n) is 1.71. The molecule has 0 unspecified atom stereocenters. The Morgan fingerprint density at radius 2 is 2.15 bits per heavy atom. The molecule has 1 heterocycles. The third-order valence-electron chi connectivity index (χ3n) is 2.57. The van der Waals surface area contributed by atoms with Crippen LogP contribution in [0.1, 0.15) is 17.0 Å². The molecule has 0 saturated heterocycles. The quantitative estimate of drug-likeness (QED) is 0.834. The summed E-state index contributed by atoms with van der Waals surface area (Å²) in [4.78, 5) is 0. The lowest BCUT2D eigenvalue weighted by Gasteiger charge is -2.12. The number of nitrogens with zero attached hydrogens (tertiary/aromatic N) is 3. The Kier molecular flexibility index (Phi) is 3.61. The van der Waals surface area contributed by atoms with Crippen molar-refractivity contribution in [3.8, 4) is 11.8 Å². The van der Waals surface area contributed by atoms with Crippen molar-refractivity contribution in [1.29, 1.82) is 5.26 Å². The van der Waals surface area contributed by atoms with Crippen molar-refractivity contribution in [2.75, 3.05) is 0 Å². The Balaban J connectivity index is 2.69. The van der Waals surface area contributed by atoms with Crippen molar-refractivity contribution < 1.29 is 18.3 Å². The van der Waals surface area contributed by atoms with Gasteiger partial charge in [-0.1, -0.05) is 0 Å². The van der Waals surface area contributed by atoms with Gasteiger partial charge in [0.1, 0.15) is 6.61 Å². The van der Waals surface area contributed by atoms with Crippen LogP contribution in [0.25, 0.3) is 5.69 Å². The summed E-state index contributed by atoms with van der Waals surface area (Å²) in [6, 6.07) is 4.64. The first-order valence-electron chi connectivity index (χ1n) is 5.27. The van der Waals surface area contributed by atoms with E-state index in [9.17, 15) is 13.2 Å². The average Bonchev–Trinajstić information content (AvgIpc) is 2.78. The summed E-state index contributed by atoms with van der Waals surface area (Å²) in [5.41, 5.74) is -1.48. The van der Waals surface area contributed by atoms with Gasteiger partial charge < -0.3 is 5.11 Å². The van der Waals surface area contributed by atoms with Crippen LogP contribution in [-0.2, 0) is 12.8 Å². The van der Waals surface area contributed by atoms with E-state index >= 15 is 0 Å². The molecular weight excluding hydrogens is 293 g/mol. The molecule has 0 aliphatic carbocycles. The van der Waals surface area contributed by atoms with E-state index in [1.807, 2.05) is 0 Å². The minimum Gasteiger partial charge on any atom is -0.388 e. The molecule has 0 saturated carbocycles. The number of hydrogen-bond donors (Lipinski definition) is 2. The van der Waals surface area contributed by atoms with Crippen LogP contribution in [0.4, 0.5) is 13.2 Å². The van der Waals surface area contributed by atoms with Crippen LogP contribution in [0, 0.1) is 16.1 Å². The van der Waals surface area contributed by atoms with Crippen molar-refractivity contribution >= 4 is 12.2 Å². The van der Waals surface area contributed by atoms with E-state index in [0.717, 1.165) is 12.1 Å². The third kappa shape index (κ3) is 2.43. The van der Waals surface area contributed by atoms with Gasteiger partial charge in [0.15, 0.2) is 10.6 Å². The first-order valence-corrected chi connectivity index (χ1v) is 5.68. The van der Waals surface area contributed by atoms with Crippen molar-refractivity contribution in [2.24, 2.45) is 0 Å². The number of halogens is 3. The number of hydrogen-bond acceptors (Lipinski definition) is 4. The highest BCUT2D eigenvalue weighted by Gasteiger charge is 2.34. The van der Waals surface area contributed by atoms with Gasteiger partial charge in [-0.05, 0) is 30.4 Å². The van der Waals surface area contributed by atoms with E-state index in [1.54, 1.807) is 0 Å². The number of aliphatic hydroxyl groups is 1. The van der Waals surface area contributed by atoms with E-state index in [1.165, 1.54) is 16.7 Å². The molecule has 20 heavy (non-hydrogen) atoms. The number of aliphatic hydroxyl groups excluding tert-OH is 1. The predicted octanol–water partition coefficient (Wildman–Crippen LogP) is 2.31. The molecule has 2 aromatic rings. The second kappa shape index (κ2) is 5.07. The Labute approximate surface area is 115 Å². The van der Waals surface area contributed by atoms with Gasteiger partial charge >= 0.3 is 6.18 Å². The molecule has 9 heteroatoms. The second-order valence-electron chi connectivity index (χ2n) is 3.78. The number of aromatic amines is 1. The van der Waals surface area contributed by atoms with Crippen LogP contribution in [0.15, 0.2) is 18.2 Å². The normalized spacial score (nSPS) is 11.3. The Hall–Kier alpha value is -2.18. The maximum Gasteiger partial charge on any atom is 0.417 e. The van der Waals surface area contributed by atoms with Gasteiger partial charge in [-0.3, -0.25) is 9.67 Å². The second-order valence-corrected chi connectivity index (χ2v) is 4.16. The fraction of sp³-hybridized carbons (Fsp3) is 0.182. The maximum atomic E-state index is 12.9. The van der Waals surface area contributed by atoms with Crippen LogP contribution in [0.5, 0.6) is 0 Å². The molecule has 0 aliphatic heterocycles. The Bertz CT molecular complexity index is 741. The standard InChI is InChI=1S/C11H7F3N4OS/c12-11(13,14)8-3-7(2-1-6(8)4-15)18-9(5-19)16-17-10(18)20/h1-3,19H,5H2,(H,17,20). The molecule has 0 bridgehead atoms. The third-order valence-corrected chi connectivity index (χ3v) is 2.84. The molecule has 104 valence electrons. The Morgan fingerprint density at radius 1 is 1.45 bits per heavy atom. The zero-order valence-corrected chi connectivity index (χ0v) is 10.6. The van der Waals surface area contributed by atoms with Gasteiger partial charge in [0.05, 0.1) is 22.9 Å². The summed E-state index contributed by atoms with van der Waals surface area (Å²) in [5, 5.41) is 23.9. The zero-order chi connectivity index (χ0) is 14.9. The van der Waals surface area contributed by atoms with E-state index < -0.39 is 23.9 Å². The molecule has 0 spiro atoms. The number of H-pyrrole nitrogens is 1. The summed E-state index contributed by atoms with van der Waals surface area (Å²) >= 11 is 4.91. The highest BCUT2D eigenvalue weighted by Crippen LogP contribution is 2.33. The first kappa shape index (κ1) is 14.2. The molecule has 0 fully saturated rings. The molecule has 1 aromatic heterocycles.